The molecule has 3 nitrogen and oxygen atoms in total. The Kier molecular flexibility index (Phi) is 4.50. The van der Waals surface area contributed by atoms with Crippen molar-refractivity contribution in [2.75, 3.05) is 0 Å². The van der Waals surface area contributed by atoms with E-state index >= 15 is 0 Å². The van der Waals surface area contributed by atoms with Crippen molar-refractivity contribution >= 4 is 17.2 Å². The van der Waals surface area contributed by atoms with Gasteiger partial charge in [0, 0.05) is 17.6 Å². The zero-order chi connectivity index (χ0) is 16.5. The van der Waals surface area contributed by atoms with Gasteiger partial charge in [-0.3, -0.25) is 4.79 Å². The van der Waals surface area contributed by atoms with E-state index in [1.54, 1.807) is 10.8 Å². The Labute approximate surface area is 127 Å². The number of amides is 1. The van der Waals surface area contributed by atoms with Crippen LogP contribution in [0.1, 0.15) is 27.7 Å². The minimum absolute atomic E-state index is 0.321. The molecule has 1 heterocycles. The molecule has 2 aromatic rings. The molecule has 0 saturated heterocycles. The quantitative estimate of drug-likeness (QED) is 0.771. The number of carbonyl (C=O) groups excluding carboxylic acids is 1. The molecule has 22 heavy (non-hydrogen) atoms. The van der Waals surface area contributed by atoms with E-state index in [1.165, 1.54) is 11.3 Å². The van der Waals surface area contributed by atoms with Crippen LogP contribution in [0.5, 0.6) is 0 Å². The van der Waals surface area contributed by atoms with Crippen LogP contribution in [-0.4, -0.2) is 10.5 Å². The second-order valence-electron chi connectivity index (χ2n) is 4.49. The molecule has 0 bridgehead atoms. The average molecular weight is 332 g/mol. The summed E-state index contributed by atoms with van der Waals surface area (Å²) in [4.78, 5) is 17.0. The van der Waals surface area contributed by atoms with Crippen molar-refractivity contribution in [3.8, 4) is 0 Å². The van der Waals surface area contributed by atoms with Gasteiger partial charge in [0.25, 0.3) is 5.91 Å². The molecular weight excluding hydrogens is 320 g/mol. The number of rotatable bonds is 2. The number of alkyl halides is 3. The lowest BCUT2D eigenvalue weighted by atomic mass is 10.1. The van der Waals surface area contributed by atoms with Gasteiger partial charge in [-0.05, 0) is 26.0 Å². The van der Waals surface area contributed by atoms with E-state index in [2.05, 4.69) is 4.99 Å². The second kappa shape index (κ2) is 6.04. The lowest BCUT2D eigenvalue weighted by Crippen LogP contribution is -2.17. The Morgan fingerprint density at radius 1 is 1.36 bits per heavy atom. The average Bonchev–Trinajstić information content (AvgIpc) is 2.77. The Hall–Kier alpha value is -1.96. The molecule has 0 radical (unpaired) electrons. The molecule has 0 N–H and O–H groups in total. The highest BCUT2D eigenvalue weighted by atomic mass is 32.1. The van der Waals surface area contributed by atoms with Crippen molar-refractivity contribution in [1.29, 1.82) is 0 Å². The highest BCUT2D eigenvalue weighted by Gasteiger charge is 2.35. The lowest BCUT2D eigenvalue weighted by Gasteiger charge is -2.09. The standard InChI is InChI=1S/C14H12F4N2OS/c1-3-20-7-8(2)22-13(20)19-12(21)9-5-4-6-10(11(9)15)14(16,17)18/h4-7H,3H2,1-2H3. The van der Waals surface area contributed by atoms with E-state index in [0.717, 1.165) is 17.0 Å². The largest absolute Gasteiger partial charge is 0.419 e. The maximum atomic E-state index is 13.9. The van der Waals surface area contributed by atoms with Crippen LogP contribution in [0.4, 0.5) is 17.6 Å². The molecule has 0 unspecified atom stereocenters. The molecule has 118 valence electrons. The second-order valence-corrected chi connectivity index (χ2v) is 5.71. The van der Waals surface area contributed by atoms with Crippen molar-refractivity contribution < 1.29 is 22.4 Å². The van der Waals surface area contributed by atoms with Gasteiger partial charge in [-0.1, -0.05) is 6.07 Å². The molecule has 8 heteroatoms. The van der Waals surface area contributed by atoms with Crippen LogP contribution in [0.15, 0.2) is 29.4 Å². The maximum Gasteiger partial charge on any atom is 0.419 e. The summed E-state index contributed by atoms with van der Waals surface area (Å²) in [5.41, 5.74) is -2.16. The van der Waals surface area contributed by atoms with Crippen LogP contribution in [0, 0.1) is 12.7 Å². The fraction of sp³-hybridized carbons (Fsp3) is 0.286. The lowest BCUT2D eigenvalue weighted by molar-refractivity contribution is -0.140. The van der Waals surface area contributed by atoms with E-state index in [0.29, 0.717) is 17.4 Å². The molecule has 1 aromatic carbocycles. The van der Waals surface area contributed by atoms with E-state index in [1.807, 2.05) is 13.8 Å². The molecule has 0 fully saturated rings. The number of hydrogen-bond donors (Lipinski definition) is 0. The monoisotopic (exact) mass is 332 g/mol. The van der Waals surface area contributed by atoms with Gasteiger partial charge in [0.2, 0.25) is 0 Å². The highest BCUT2D eigenvalue weighted by molar-refractivity contribution is 7.09. The van der Waals surface area contributed by atoms with Gasteiger partial charge < -0.3 is 4.57 Å². The van der Waals surface area contributed by atoms with Gasteiger partial charge >= 0.3 is 6.18 Å². The van der Waals surface area contributed by atoms with Crippen LogP contribution in [0.2, 0.25) is 0 Å². The third kappa shape index (κ3) is 3.27. The van der Waals surface area contributed by atoms with Gasteiger partial charge in [0.15, 0.2) is 4.80 Å². The number of hydrogen-bond acceptors (Lipinski definition) is 2. The van der Waals surface area contributed by atoms with Gasteiger partial charge in [-0.25, -0.2) is 4.39 Å². The van der Waals surface area contributed by atoms with E-state index < -0.39 is 29.0 Å². The number of aromatic nitrogens is 1. The van der Waals surface area contributed by atoms with Crippen molar-refractivity contribution in [1.82, 2.24) is 4.57 Å². The molecule has 0 aliphatic carbocycles. The topological polar surface area (TPSA) is 34.4 Å². The molecule has 0 aliphatic heterocycles. The van der Waals surface area contributed by atoms with Gasteiger partial charge in [0.05, 0.1) is 11.1 Å². The summed E-state index contributed by atoms with van der Waals surface area (Å²) < 4.78 is 53.5. The zero-order valence-corrected chi connectivity index (χ0v) is 12.6. The molecule has 0 aliphatic rings. The van der Waals surface area contributed by atoms with Crippen molar-refractivity contribution in [3.05, 3.63) is 51.0 Å². The van der Waals surface area contributed by atoms with E-state index in [4.69, 9.17) is 0 Å². The first-order valence-electron chi connectivity index (χ1n) is 6.35. The summed E-state index contributed by atoms with van der Waals surface area (Å²) in [7, 11) is 0. The minimum Gasteiger partial charge on any atom is -0.324 e. The van der Waals surface area contributed by atoms with Gasteiger partial charge in [-0.2, -0.15) is 18.2 Å². The number of halogens is 4. The SMILES string of the molecule is CCn1cc(C)sc1=NC(=O)c1cccc(C(F)(F)F)c1F. The zero-order valence-electron chi connectivity index (χ0n) is 11.7. The maximum absolute atomic E-state index is 13.9. The molecule has 0 atom stereocenters. The van der Waals surface area contributed by atoms with E-state index in [9.17, 15) is 22.4 Å². The Balaban J connectivity index is 2.51. The molecule has 2 rings (SSSR count). The normalized spacial score (nSPS) is 12.7. The van der Waals surface area contributed by atoms with Crippen LogP contribution in [0.3, 0.4) is 0 Å². The number of benzene rings is 1. The fourth-order valence-corrected chi connectivity index (χ4v) is 2.78. The number of thiazole rings is 1. The van der Waals surface area contributed by atoms with Gasteiger partial charge in [0.1, 0.15) is 5.82 Å². The van der Waals surface area contributed by atoms with Crippen LogP contribution < -0.4 is 4.80 Å². The van der Waals surface area contributed by atoms with Crippen molar-refractivity contribution in [2.24, 2.45) is 4.99 Å². The molecule has 1 aromatic heterocycles. The summed E-state index contributed by atoms with van der Waals surface area (Å²) in [6.45, 7) is 4.19. The number of nitrogens with zero attached hydrogens (tertiary/aromatic N) is 2. The first kappa shape index (κ1) is 16.4. The summed E-state index contributed by atoms with van der Waals surface area (Å²) >= 11 is 1.21. The fourth-order valence-electron chi connectivity index (χ4n) is 1.88. The predicted molar refractivity (Wildman–Crippen MR) is 74.0 cm³/mol. The molecular formula is C14H12F4N2OS. The molecule has 1 amide bonds. The first-order chi connectivity index (χ1) is 10.2. The summed E-state index contributed by atoms with van der Waals surface area (Å²) in [5.74, 6) is -2.63. The van der Waals surface area contributed by atoms with Crippen LogP contribution >= 0.6 is 11.3 Å². The highest BCUT2D eigenvalue weighted by Crippen LogP contribution is 2.32. The Morgan fingerprint density at radius 3 is 2.64 bits per heavy atom. The molecule has 0 spiro atoms. The number of aryl methyl sites for hydroxylation is 2. The first-order valence-corrected chi connectivity index (χ1v) is 7.17. The molecule has 0 saturated carbocycles. The number of carbonyl (C=O) groups is 1. The van der Waals surface area contributed by atoms with Gasteiger partial charge in [-0.15, -0.1) is 11.3 Å². The summed E-state index contributed by atoms with van der Waals surface area (Å²) in [6, 6.07) is 2.57. The van der Waals surface area contributed by atoms with Crippen molar-refractivity contribution in [2.45, 2.75) is 26.6 Å². The third-order valence-electron chi connectivity index (χ3n) is 2.91. The Bertz CT molecular complexity index is 774. The van der Waals surface area contributed by atoms with E-state index in [-0.39, 0.29) is 0 Å². The van der Waals surface area contributed by atoms with Crippen LogP contribution in [0.25, 0.3) is 0 Å². The summed E-state index contributed by atoms with van der Waals surface area (Å²) in [5, 5.41) is 0. The minimum atomic E-state index is -4.86. The Morgan fingerprint density at radius 2 is 2.05 bits per heavy atom. The predicted octanol–water partition coefficient (Wildman–Crippen LogP) is 3.78. The van der Waals surface area contributed by atoms with Crippen molar-refractivity contribution in [3.63, 3.8) is 0 Å². The third-order valence-corrected chi connectivity index (χ3v) is 3.84. The smallest absolute Gasteiger partial charge is 0.324 e. The van der Waals surface area contributed by atoms with Crippen LogP contribution in [-0.2, 0) is 12.7 Å². The summed E-state index contributed by atoms with van der Waals surface area (Å²) in [6.07, 6.45) is -3.09.